The van der Waals surface area contributed by atoms with Gasteiger partial charge < -0.3 is 0 Å². The maximum atomic E-state index is 11.1. The maximum Gasteiger partial charge on any atom is 0.524 e. The van der Waals surface area contributed by atoms with Crippen molar-refractivity contribution in [3.8, 4) is 0 Å². The molecule has 0 aromatic rings. The first-order chi connectivity index (χ1) is 3.81. The third kappa shape index (κ3) is 3.44. The molecule has 0 atom stereocenters. The van der Waals surface area contributed by atoms with E-state index in [4.69, 9.17) is 0 Å². The van der Waals surface area contributed by atoms with Gasteiger partial charge in [0.1, 0.15) is 0 Å². The van der Waals surface area contributed by atoms with Gasteiger partial charge in [-0.15, -0.1) is 0 Å². The molecule has 1 radical (unpaired) electrons. The molecule has 0 aliphatic carbocycles. The van der Waals surface area contributed by atoms with Crippen molar-refractivity contribution in [2.24, 2.45) is 0 Å². The second kappa shape index (κ2) is 4.17. The van der Waals surface area contributed by atoms with Crippen LogP contribution in [-0.4, -0.2) is 43.5 Å². The summed E-state index contributed by atoms with van der Waals surface area (Å²) in [6.45, 7) is 0. The summed E-state index contributed by atoms with van der Waals surface area (Å²) in [6, 6.07) is 0. The molecule has 0 aromatic heterocycles. The minimum absolute atomic E-state index is 0. The summed E-state index contributed by atoms with van der Waals surface area (Å²) in [5.41, 5.74) is -5.38. The van der Waals surface area contributed by atoms with Crippen molar-refractivity contribution in [3.63, 3.8) is 0 Å². The van der Waals surface area contributed by atoms with Crippen molar-refractivity contribution in [1.29, 1.82) is 0 Å². The second-order valence-corrected chi connectivity index (χ2v) is 2.94. The molecule has 0 N–H and O–H groups in total. The first-order valence-electron chi connectivity index (χ1n) is 1.45. The van der Waals surface area contributed by atoms with Crippen molar-refractivity contribution in [2.75, 3.05) is 0 Å². The topological polar surface area (TPSA) is 43.4 Å². The molecule has 0 spiro atoms. The Morgan fingerprint density at radius 3 is 1.60 bits per heavy atom. The Labute approximate surface area is 83.0 Å². The number of alkyl halides is 3. The van der Waals surface area contributed by atoms with E-state index < -0.39 is 15.6 Å². The molecular weight excluding hydrogens is 204 g/mol. The summed E-state index contributed by atoms with van der Waals surface area (Å²) in [4.78, 5) is 0. The van der Waals surface area contributed by atoms with Crippen LogP contribution in [0.2, 0.25) is 0 Å². The molecule has 10 heavy (non-hydrogen) atoms. The van der Waals surface area contributed by atoms with Gasteiger partial charge in [-0.25, -0.2) is 0 Å². The van der Waals surface area contributed by atoms with E-state index in [-0.39, 0.29) is 29.6 Å². The summed E-state index contributed by atoms with van der Waals surface area (Å²) in [5, 5.41) is 0. The van der Waals surface area contributed by atoms with E-state index >= 15 is 0 Å². The first kappa shape index (κ1) is 13.6. The first-order valence-corrected chi connectivity index (χ1v) is 3.23. The van der Waals surface area contributed by atoms with E-state index in [1.54, 1.807) is 0 Å². The third-order valence-electron chi connectivity index (χ3n) is 0.382. The Balaban J connectivity index is 0. The third-order valence-corrected chi connectivity index (χ3v) is 1.73. The Hall–Kier alpha value is 1.05. The van der Waals surface area contributed by atoms with Crippen LogP contribution in [0.15, 0.2) is 0 Å². The van der Waals surface area contributed by atoms with Gasteiger partial charge in [0.05, 0.1) is 0 Å². The van der Waals surface area contributed by atoms with Crippen molar-refractivity contribution in [2.45, 2.75) is 5.51 Å². The quantitative estimate of drug-likeness (QED) is 0.290. The van der Waals surface area contributed by atoms with Crippen LogP contribution in [0.1, 0.15) is 0 Å². The predicted octanol–water partition coefficient (Wildman–Crippen LogP) is 0.317. The zero-order valence-corrected chi connectivity index (χ0v) is 8.43. The minimum atomic E-state index is -5.47. The number of rotatable bonds is 1. The Bertz CT molecular complexity index is 182. The van der Waals surface area contributed by atoms with Crippen LogP contribution in [0.4, 0.5) is 13.2 Å². The average Bonchev–Trinajstić information content (AvgIpc) is 1.64. The molecule has 0 bridgehead atoms. The number of halogens is 3. The van der Waals surface area contributed by atoms with Crippen LogP contribution in [-0.2, 0) is 13.7 Å². The average molecular weight is 205 g/mol. The number of hydrogen-bond acceptors (Lipinski definition) is 4. The molecule has 9 heteroatoms. The molecule has 57 valence electrons. The predicted molar refractivity (Wildman–Crippen MR) is 30.8 cm³/mol. The van der Waals surface area contributed by atoms with E-state index in [0.29, 0.717) is 0 Å². The van der Waals surface area contributed by atoms with Gasteiger partial charge in [-0.3, -0.25) is 0 Å². The van der Waals surface area contributed by atoms with Gasteiger partial charge in [0.25, 0.3) is 0 Å². The molecule has 0 aliphatic rings. The fourth-order valence-electron chi connectivity index (χ4n) is 0.0423. The summed E-state index contributed by atoms with van der Waals surface area (Å²) >= 11 is 2.49. The normalized spacial score (nSPS) is 12.4. The van der Waals surface area contributed by atoms with Gasteiger partial charge in [0.15, 0.2) is 0 Å². The van der Waals surface area contributed by atoms with Crippen LogP contribution in [0, 0.1) is 0 Å². The van der Waals surface area contributed by atoms with Crippen molar-refractivity contribution in [1.82, 2.24) is 0 Å². The smallest absolute Gasteiger partial charge is 0.194 e. The van der Waals surface area contributed by atoms with Crippen LogP contribution in [0.25, 0.3) is 0 Å². The van der Waals surface area contributed by atoms with Gasteiger partial charge in [-0.05, 0) is 12.9 Å². The molecule has 0 rings (SSSR count). The largest absolute Gasteiger partial charge is 0.524 e. The molecular formula is CHF3NaO3S2. The Morgan fingerprint density at radius 2 is 1.60 bits per heavy atom. The Morgan fingerprint density at radius 1 is 1.30 bits per heavy atom. The van der Waals surface area contributed by atoms with E-state index in [1.807, 2.05) is 0 Å². The van der Waals surface area contributed by atoms with Crippen LogP contribution < -0.4 is 0 Å². The van der Waals surface area contributed by atoms with Gasteiger partial charge in [0.2, 0.25) is 0 Å². The monoisotopic (exact) mass is 205 g/mol. The van der Waals surface area contributed by atoms with Gasteiger partial charge >= 0.3 is 15.6 Å². The second-order valence-electron chi connectivity index (χ2n) is 0.974. The van der Waals surface area contributed by atoms with Crippen molar-refractivity contribution >= 4 is 52.6 Å². The van der Waals surface area contributed by atoms with E-state index in [0.717, 1.165) is 0 Å². The maximum absolute atomic E-state index is 11.1. The standard InChI is InChI=1S/CHF3O3S2.Na/c2-1(3,4)9(5,6)7-8;/h8H;. The molecule has 0 aliphatic heterocycles. The van der Waals surface area contributed by atoms with Crippen LogP contribution >= 0.6 is 12.9 Å². The van der Waals surface area contributed by atoms with E-state index in [1.165, 1.54) is 0 Å². The van der Waals surface area contributed by atoms with Crippen molar-refractivity contribution in [3.05, 3.63) is 0 Å². The molecule has 0 aromatic carbocycles. The molecule has 3 nitrogen and oxygen atoms in total. The summed E-state index contributed by atoms with van der Waals surface area (Å²) < 4.78 is 55.3. The molecule has 0 saturated carbocycles. The summed E-state index contributed by atoms with van der Waals surface area (Å²) in [5.74, 6) is 0. The SMILES string of the molecule is O=S(=O)(OS)C(F)(F)F.[Na]. The summed E-state index contributed by atoms with van der Waals surface area (Å²) in [6.07, 6.45) is 0. The minimum Gasteiger partial charge on any atom is -0.194 e. The van der Waals surface area contributed by atoms with Gasteiger partial charge in [0, 0.05) is 29.6 Å². The van der Waals surface area contributed by atoms with E-state index in [9.17, 15) is 21.6 Å². The summed E-state index contributed by atoms with van der Waals surface area (Å²) in [7, 11) is -5.47. The van der Waals surface area contributed by atoms with E-state index in [2.05, 4.69) is 16.5 Å². The van der Waals surface area contributed by atoms with Crippen LogP contribution in [0.3, 0.4) is 0 Å². The van der Waals surface area contributed by atoms with Crippen molar-refractivity contribution < 1.29 is 25.2 Å². The molecule has 0 fully saturated rings. The molecule has 0 amide bonds. The molecule has 0 heterocycles. The fourth-order valence-corrected chi connectivity index (χ4v) is 0.380. The van der Waals surface area contributed by atoms with Gasteiger partial charge in [-0.2, -0.15) is 25.2 Å². The molecule has 0 unspecified atom stereocenters. The zero-order chi connectivity index (χ0) is 7.71. The Kier molecular flexibility index (Phi) is 5.68. The number of hydrogen-bond donors (Lipinski definition) is 1. The fraction of sp³-hybridized carbons (Fsp3) is 1.00. The van der Waals surface area contributed by atoms with Gasteiger partial charge in [-0.1, -0.05) is 0 Å². The number of thiol groups is 1. The zero-order valence-electron chi connectivity index (χ0n) is 4.71. The molecule has 0 saturated heterocycles. The van der Waals surface area contributed by atoms with Crippen LogP contribution in [0.5, 0.6) is 0 Å².